The van der Waals surface area contributed by atoms with E-state index in [1.807, 2.05) is 0 Å². The van der Waals surface area contributed by atoms with E-state index in [1.165, 1.54) is 68.3 Å². The molecular weight excluding hydrogens is 258 g/mol. The molecule has 0 bridgehead atoms. The molecule has 1 heterocycles. The summed E-state index contributed by atoms with van der Waals surface area (Å²) in [5.41, 5.74) is 4.06. The highest BCUT2D eigenvalue weighted by atomic mass is 16.3. The van der Waals surface area contributed by atoms with Gasteiger partial charge in [0.05, 0.1) is 6.10 Å². The lowest BCUT2D eigenvalue weighted by Crippen LogP contribution is -2.54. The van der Waals surface area contributed by atoms with Crippen LogP contribution in [0.2, 0.25) is 0 Å². The van der Waals surface area contributed by atoms with Gasteiger partial charge in [0.1, 0.15) is 0 Å². The molecule has 0 radical (unpaired) electrons. The first-order valence-electron chi connectivity index (χ1n) is 8.62. The molecular formula is C19H29NO. The fourth-order valence-corrected chi connectivity index (χ4v) is 4.56. The van der Waals surface area contributed by atoms with Crippen LogP contribution in [0.25, 0.3) is 0 Å². The molecule has 116 valence electrons. The van der Waals surface area contributed by atoms with E-state index in [0.717, 1.165) is 6.42 Å². The molecule has 1 aromatic carbocycles. The van der Waals surface area contributed by atoms with Gasteiger partial charge in [-0.15, -0.1) is 0 Å². The molecule has 1 atom stereocenters. The molecule has 1 aromatic rings. The van der Waals surface area contributed by atoms with Gasteiger partial charge in [-0.3, -0.25) is 4.90 Å². The van der Waals surface area contributed by atoms with Crippen LogP contribution in [0, 0.1) is 13.8 Å². The zero-order chi connectivity index (χ0) is 14.9. The third-order valence-corrected chi connectivity index (χ3v) is 5.87. The second kappa shape index (κ2) is 6.10. The topological polar surface area (TPSA) is 23.5 Å². The molecule has 1 unspecified atom stereocenters. The molecule has 1 saturated heterocycles. The Hall–Kier alpha value is -0.860. The van der Waals surface area contributed by atoms with E-state index in [0.29, 0.717) is 0 Å². The monoisotopic (exact) mass is 287 g/mol. The van der Waals surface area contributed by atoms with Crippen LogP contribution >= 0.6 is 0 Å². The Kier molecular flexibility index (Phi) is 4.37. The lowest BCUT2D eigenvalue weighted by atomic mass is 9.83. The molecule has 1 aliphatic carbocycles. The zero-order valence-electron chi connectivity index (χ0n) is 13.6. The Morgan fingerprint density at radius 3 is 2.19 bits per heavy atom. The Morgan fingerprint density at radius 1 is 1.05 bits per heavy atom. The van der Waals surface area contributed by atoms with Gasteiger partial charge in [0.25, 0.3) is 0 Å². The predicted octanol–water partition coefficient (Wildman–Crippen LogP) is 3.62. The fourth-order valence-electron chi connectivity index (χ4n) is 4.56. The number of rotatable bonds is 4. The average molecular weight is 287 g/mol. The fraction of sp³-hybridized carbons (Fsp3) is 0.684. The van der Waals surface area contributed by atoms with E-state index in [4.69, 9.17) is 0 Å². The Balaban J connectivity index is 1.83. The van der Waals surface area contributed by atoms with Crippen LogP contribution in [0.1, 0.15) is 55.2 Å². The minimum Gasteiger partial charge on any atom is -0.391 e. The van der Waals surface area contributed by atoms with Crippen molar-refractivity contribution in [1.82, 2.24) is 4.90 Å². The Bertz CT molecular complexity index is 464. The smallest absolute Gasteiger partial charge is 0.0764 e. The van der Waals surface area contributed by atoms with Crippen LogP contribution in [0.5, 0.6) is 0 Å². The van der Waals surface area contributed by atoms with Crippen LogP contribution < -0.4 is 0 Å². The number of likely N-dealkylation sites (tertiary alicyclic amines) is 1. The maximum absolute atomic E-state index is 11.1. The third kappa shape index (κ3) is 2.76. The number of aliphatic hydroxyl groups excluding tert-OH is 1. The molecule has 1 N–H and O–H groups in total. The van der Waals surface area contributed by atoms with Gasteiger partial charge in [-0.25, -0.2) is 0 Å². The third-order valence-electron chi connectivity index (χ3n) is 5.87. The van der Waals surface area contributed by atoms with Gasteiger partial charge in [0.15, 0.2) is 0 Å². The first-order chi connectivity index (χ1) is 10.1. The number of hydrogen-bond donors (Lipinski definition) is 1. The molecule has 2 heteroatoms. The van der Waals surface area contributed by atoms with Crippen molar-refractivity contribution < 1.29 is 5.11 Å². The lowest BCUT2D eigenvalue weighted by molar-refractivity contribution is -0.0173. The van der Waals surface area contributed by atoms with Crippen molar-refractivity contribution in [2.24, 2.45) is 0 Å². The second-order valence-corrected chi connectivity index (χ2v) is 7.10. The van der Waals surface area contributed by atoms with Crippen molar-refractivity contribution in [3.8, 4) is 0 Å². The predicted molar refractivity (Wildman–Crippen MR) is 87.6 cm³/mol. The van der Waals surface area contributed by atoms with Crippen molar-refractivity contribution in [3.63, 3.8) is 0 Å². The van der Waals surface area contributed by atoms with Gasteiger partial charge in [-0.1, -0.05) is 31.0 Å². The van der Waals surface area contributed by atoms with E-state index < -0.39 is 0 Å². The highest BCUT2D eigenvalue weighted by Gasteiger charge is 2.46. The van der Waals surface area contributed by atoms with Gasteiger partial charge >= 0.3 is 0 Å². The summed E-state index contributed by atoms with van der Waals surface area (Å²) in [7, 11) is 0. The normalized spacial score (nSPS) is 23.6. The van der Waals surface area contributed by atoms with E-state index >= 15 is 0 Å². The highest BCUT2D eigenvalue weighted by molar-refractivity contribution is 5.34. The Morgan fingerprint density at radius 2 is 1.62 bits per heavy atom. The van der Waals surface area contributed by atoms with Gasteiger partial charge in [0, 0.05) is 12.0 Å². The van der Waals surface area contributed by atoms with Crippen LogP contribution in [-0.2, 0) is 6.42 Å². The summed E-state index contributed by atoms with van der Waals surface area (Å²) in [6, 6.07) is 6.46. The average Bonchev–Trinajstić information content (AvgIpc) is 3.13. The zero-order valence-corrected chi connectivity index (χ0v) is 13.6. The van der Waals surface area contributed by atoms with Crippen LogP contribution in [0.15, 0.2) is 18.2 Å². The van der Waals surface area contributed by atoms with Crippen molar-refractivity contribution in [2.75, 3.05) is 13.1 Å². The number of aryl methyl sites for hydroxylation is 2. The SMILES string of the molecule is Cc1cccc(C)c1CC(O)C1(N2CCCC2)CCCC1. The number of hydrogen-bond acceptors (Lipinski definition) is 2. The van der Waals surface area contributed by atoms with Crippen molar-refractivity contribution in [1.29, 1.82) is 0 Å². The summed E-state index contributed by atoms with van der Waals surface area (Å²) in [6.07, 6.45) is 8.11. The maximum atomic E-state index is 11.1. The van der Waals surface area contributed by atoms with Gasteiger partial charge < -0.3 is 5.11 Å². The van der Waals surface area contributed by atoms with E-state index in [9.17, 15) is 5.11 Å². The van der Waals surface area contributed by atoms with Crippen LogP contribution in [-0.4, -0.2) is 34.7 Å². The van der Waals surface area contributed by atoms with Gasteiger partial charge in [-0.2, -0.15) is 0 Å². The van der Waals surface area contributed by atoms with E-state index in [2.05, 4.69) is 36.9 Å². The maximum Gasteiger partial charge on any atom is 0.0764 e. The lowest BCUT2D eigenvalue weighted by Gasteiger charge is -2.43. The van der Waals surface area contributed by atoms with Crippen molar-refractivity contribution in [2.45, 2.75) is 70.4 Å². The molecule has 0 spiro atoms. The van der Waals surface area contributed by atoms with Crippen LogP contribution in [0.4, 0.5) is 0 Å². The summed E-state index contributed by atoms with van der Waals surface area (Å²) >= 11 is 0. The number of benzene rings is 1. The quantitative estimate of drug-likeness (QED) is 0.914. The van der Waals surface area contributed by atoms with E-state index in [-0.39, 0.29) is 11.6 Å². The summed E-state index contributed by atoms with van der Waals surface area (Å²) in [5, 5.41) is 11.1. The molecule has 0 aromatic heterocycles. The van der Waals surface area contributed by atoms with E-state index in [1.54, 1.807) is 0 Å². The number of aliphatic hydroxyl groups is 1. The van der Waals surface area contributed by atoms with Gasteiger partial charge in [0.2, 0.25) is 0 Å². The molecule has 2 nitrogen and oxygen atoms in total. The molecule has 3 rings (SSSR count). The highest BCUT2D eigenvalue weighted by Crippen LogP contribution is 2.41. The largest absolute Gasteiger partial charge is 0.391 e. The Labute approximate surface area is 129 Å². The summed E-state index contributed by atoms with van der Waals surface area (Å²) in [5.74, 6) is 0. The van der Waals surface area contributed by atoms with Crippen molar-refractivity contribution in [3.05, 3.63) is 34.9 Å². The molecule has 21 heavy (non-hydrogen) atoms. The minimum atomic E-state index is -0.224. The molecule has 2 fully saturated rings. The number of nitrogens with zero attached hydrogens (tertiary/aromatic N) is 1. The first kappa shape index (κ1) is 15.1. The van der Waals surface area contributed by atoms with Crippen LogP contribution in [0.3, 0.4) is 0 Å². The summed E-state index contributed by atoms with van der Waals surface area (Å²) in [4.78, 5) is 2.61. The minimum absolute atomic E-state index is 0.0607. The molecule has 0 amide bonds. The van der Waals surface area contributed by atoms with Gasteiger partial charge in [-0.05, 0) is 69.3 Å². The second-order valence-electron chi connectivity index (χ2n) is 7.10. The van der Waals surface area contributed by atoms with Crippen molar-refractivity contribution >= 4 is 0 Å². The summed E-state index contributed by atoms with van der Waals surface area (Å²) in [6.45, 7) is 6.71. The summed E-state index contributed by atoms with van der Waals surface area (Å²) < 4.78 is 0. The standard InChI is InChI=1S/C19H29NO/c1-15-8-7-9-16(2)17(15)14-18(21)19(10-3-4-11-19)20-12-5-6-13-20/h7-9,18,21H,3-6,10-14H2,1-2H3. The molecule has 1 aliphatic heterocycles. The first-order valence-corrected chi connectivity index (χ1v) is 8.62. The molecule has 2 aliphatic rings. The molecule has 1 saturated carbocycles.